The number of aromatic nitrogens is 2. The highest BCUT2D eigenvalue weighted by Gasteiger charge is 2.43. The molecule has 1 N–H and O–H groups in total. The fraction of sp³-hybridized carbons (Fsp3) is 0.368. The zero-order valence-corrected chi connectivity index (χ0v) is 14.2. The lowest BCUT2D eigenvalue weighted by molar-refractivity contribution is 0.0384. The van der Waals surface area contributed by atoms with Crippen LogP contribution in [0.4, 0.5) is 9.18 Å². The van der Waals surface area contributed by atoms with Crippen LogP contribution < -0.4 is 0 Å². The lowest BCUT2D eigenvalue weighted by Crippen LogP contribution is -2.50. The summed E-state index contributed by atoms with van der Waals surface area (Å²) in [6.07, 6.45) is 4.47. The molecule has 0 spiro atoms. The van der Waals surface area contributed by atoms with E-state index in [1.54, 1.807) is 18.2 Å². The van der Waals surface area contributed by atoms with Crippen molar-refractivity contribution in [3.63, 3.8) is 0 Å². The molecule has 26 heavy (non-hydrogen) atoms. The van der Waals surface area contributed by atoms with E-state index in [4.69, 9.17) is 5.26 Å². The van der Waals surface area contributed by atoms with Crippen molar-refractivity contribution < 1.29 is 14.3 Å². The molecule has 1 fully saturated rings. The first kappa shape index (κ1) is 17.8. The van der Waals surface area contributed by atoms with Gasteiger partial charge in [0.25, 0.3) is 0 Å². The predicted octanol–water partition coefficient (Wildman–Crippen LogP) is 3.83. The Balaban J connectivity index is 2.04. The van der Waals surface area contributed by atoms with Crippen molar-refractivity contribution in [2.24, 2.45) is 0 Å². The highest BCUT2D eigenvalue weighted by Crippen LogP contribution is 2.42. The molecule has 0 saturated heterocycles. The van der Waals surface area contributed by atoms with Crippen LogP contribution in [0.15, 0.2) is 36.5 Å². The van der Waals surface area contributed by atoms with Gasteiger partial charge in [-0.2, -0.15) is 5.26 Å². The molecule has 0 aliphatic heterocycles. The second-order valence-corrected chi connectivity index (χ2v) is 6.46. The maximum Gasteiger partial charge on any atom is 0.408 e. The number of halogens is 1. The third-order valence-electron chi connectivity index (χ3n) is 4.91. The molecule has 0 unspecified atom stereocenters. The standard InChI is InChI=1S/C19H19FN4O2/c20-15-6-4-14(5-7-15)13-24(18(25)26)19(9-2-1-3-10-19)16-8-11-22-17(12-21)23-16/h4-8,11H,1-3,9-10,13H2,(H,25,26). The molecule has 1 aromatic carbocycles. The highest BCUT2D eigenvalue weighted by molar-refractivity contribution is 5.66. The van der Waals surface area contributed by atoms with Crippen LogP contribution in [0.25, 0.3) is 0 Å². The molecule has 0 bridgehead atoms. The van der Waals surface area contributed by atoms with Crippen LogP contribution in [0.2, 0.25) is 0 Å². The number of carboxylic acid groups (broad SMARTS) is 1. The van der Waals surface area contributed by atoms with E-state index >= 15 is 0 Å². The highest BCUT2D eigenvalue weighted by atomic mass is 19.1. The van der Waals surface area contributed by atoms with Crippen LogP contribution in [0.3, 0.4) is 0 Å². The van der Waals surface area contributed by atoms with E-state index in [9.17, 15) is 14.3 Å². The Labute approximate surface area is 150 Å². The first-order chi connectivity index (χ1) is 12.5. The van der Waals surface area contributed by atoms with Crippen molar-refractivity contribution in [1.29, 1.82) is 5.26 Å². The smallest absolute Gasteiger partial charge is 0.408 e. The van der Waals surface area contributed by atoms with Gasteiger partial charge in [0.1, 0.15) is 11.9 Å². The second-order valence-electron chi connectivity index (χ2n) is 6.46. The van der Waals surface area contributed by atoms with E-state index in [0.717, 1.165) is 19.3 Å². The lowest BCUT2D eigenvalue weighted by Gasteiger charge is -2.44. The topological polar surface area (TPSA) is 90.1 Å². The van der Waals surface area contributed by atoms with Crippen LogP contribution in [-0.4, -0.2) is 26.1 Å². The Hall–Kier alpha value is -3.01. The number of amides is 1. The average molecular weight is 354 g/mol. The molecule has 1 saturated carbocycles. The molecule has 0 radical (unpaired) electrons. The van der Waals surface area contributed by atoms with Gasteiger partial charge < -0.3 is 5.11 Å². The molecule has 7 heteroatoms. The van der Waals surface area contributed by atoms with Crippen molar-refractivity contribution in [3.8, 4) is 6.07 Å². The van der Waals surface area contributed by atoms with Gasteiger partial charge in [-0.25, -0.2) is 19.2 Å². The molecule has 1 amide bonds. The largest absolute Gasteiger partial charge is 0.465 e. The number of carbonyl (C=O) groups is 1. The van der Waals surface area contributed by atoms with E-state index in [2.05, 4.69) is 9.97 Å². The Kier molecular flexibility index (Phi) is 5.12. The number of benzene rings is 1. The van der Waals surface area contributed by atoms with Gasteiger partial charge >= 0.3 is 6.09 Å². The van der Waals surface area contributed by atoms with Crippen LogP contribution in [0.5, 0.6) is 0 Å². The molecule has 2 aromatic rings. The summed E-state index contributed by atoms with van der Waals surface area (Å²) in [5.41, 5.74) is 0.439. The van der Waals surface area contributed by atoms with E-state index in [1.807, 2.05) is 6.07 Å². The maximum absolute atomic E-state index is 13.2. The third kappa shape index (κ3) is 3.49. The first-order valence-corrected chi connectivity index (χ1v) is 8.54. The Morgan fingerprint density at radius 3 is 2.54 bits per heavy atom. The number of hydrogen-bond acceptors (Lipinski definition) is 4. The van der Waals surface area contributed by atoms with Crippen molar-refractivity contribution in [3.05, 3.63) is 59.4 Å². The van der Waals surface area contributed by atoms with Gasteiger partial charge in [0, 0.05) is 12.7 Å². The predicted molar refractivity (Wildman–Crippen MR) is 91.5 cm³/mol. The molecule has 6 nitrogen and oxygen atoms in total. The monoisotopic (exact) mass is 354 g/mol. The van der Waals surface area contributed by atoms with E-state index in [1.165, 1.54) is 23.2 Å². The molecule has 3 rings (SSSR count). The van der Waals surface area contributed by atoms with Crippen LogP contribution in [0.1, 0.15) is 49.2 Å². The summed E-state index contributed by atoms with van der Waals surface area (Å²) >= 11 is 0. The summed E-state index contributed by atoms with van der Waals surface area (Å²) in [5, 5.41) is 19.1. The average Bonchev–Trinajstić information content (AvgIpc) is 2.68. The van der Waals surface area contributed by atoms with Crippen LogP contribution >= 0.6 is 0 Å². The summed E-state index contributed by atoms with van der Waals surface area (Å²) < 4.78 is 13.2. The van der Waals surface area contributed by atoms with Crippen LogP contribution in [-0.2, 0) is 12.1 Å². The summed E-state index contributed by atoms with van der Waals surface area (Å²) in [7, 11) is 0. The molecular formula is C19H19FN4O2. The minimum atomic E-state index is -1.06. The molecule has 1 heterocycles. The third-order valence-corrected chi connectivity index (χ3v) is 4.91. The lowest BCUT2D eigenvalue weighted by atomic mass is 9.77. The van der Waals surface area contributed by atoms with Gasteiger partial charge in [-0.15, -0.1) is 0 Å². The Bertz CT molecular complexity index is 826. The van der Waals surface area contributed by atoms with E-state index in [0.29, 0.717) is 24.1 Å². The quantitative estimate of drug-likeness (QED) is 0.901. The zero-order valence-electron chi connectivity index (χ0n) is 14.2. The summed E-state index contributed by atoms with van der Waals surface area (Å²) in [6, 6.07) is 9.42. The van der Waals surface area contributed by atoms with Crippen LogP contribution in [0, 0.1) is 17.1 Å². The molecule has 1 aliphatic rings. The van der Waals surface area contributed by atoms with Crippen molar-refractivity contribution in [1.82, 2.24) is 14.9 Å². The fourth-order valence-electron chi connectivity index (χ4n) is 3.65. The molecular weight excluding hydrogens is 335 g/mol. The summed E-state index contributed by atoms with van der Waals surface area (Å²) in [4.78, 5) is 21.7. The number of rotatable bonds is 4. The van der Waals surface area contributed by atoms with Gasteiger partial charge in [-0.05, 0) is 36.6 Å². The van der Waals surface area contributed by atoms with E-state index in [-0.39, 0.29) is 18.2 Å². The van der Waals surface area contributed by atoms with Gasteiger partial charge in [0.2, 0.25) is 5.82 Å². The zero-order chi connectivity index (χ0) is 18.6. The normalized spacial score (nSPS) is 15.8. The molecule has 1 aliphatic carbocycles. The Morgan fingerprint density at radius 2 is 1.92 bits per heavy atom. The molecule has 0 atom stereocenters. The number of hydrogen-bond donors (Lipinski definition) is 1. The van der Waals surface area contributed by atoms with Gasteiger partial charge in [-0.3, -0.25) is 4.90 Å². The van der Waals surface area contributed by atoms with Gasteiger partial charge in [0.15, 0.2) is 0 Å². The minimum Gasteiger partial charge on any atom is -0.465 e. The first-order valence-electron chi connectivity index (χ1n) is 8.54. The number of nitrogens with zero attached hydrogens (tertiary/aromatic N) is 4. The molecule has 1 aromatic heterocycles. The number of nitriles is 1. The summed E-state index contributed by atoms with van der Waals surface area (Å²) in [5.74, 6) is -0.336. The maximum atomic E-state index is 13.2. The van der Waals surface area contributed by atoms with Gasteiger partial charge in [0.05, 0.1) is 11.2 Å². The van der Waals surface area contributed by atoms with Crippen molar-refractivity contribution >= 4 is 6.09 Å². The SMILES string of the molecule is N#Cc1nccc(C2(N(Cc3ccc(F)cc3)C(=O)O)CCCCC2)n1. The minimum absolute atomic E-state index is 0.0274. The van der Waals surface area contributed by atoms with Gasteiger partial charge in [-0.1, -0.05) is 31.4 Å². The molecule has 134 valence electrons. The summed E-state index contributed by atoms with van der Waals surface area (Å²) in [6.45, 7) is 0.126. The van der Waals surface area contributed by atoms with Crippen molar-refractivity contribution in [2.75, 3.05) is 0 Å². The second kappa shape index (κ2) is 7.48. The van der Waals surface area contributed by atoms with Crippen molar-refractivity contribution in [2.45, 2.75) is 44.2 Å². The Morgan fingerprint density at radius 1 is 1.23 bits per heavy atom. The van der Waals surface area contributed by atoms with E-state index < -0.39 is 11.6 Å². The fourth-order valence-corrected chi connectivity index (χ4v) is 3.65.